The smallest absolute Gasteiger partial charge is 0.272 e. The summed E-state index contributed by atoms with van der Waals surface area (Å²) in [5.74, 6) is 0.0652. The molecule has 0 aliphatic rings. The predicted molar refractivity (Wildman–Crippen MR) is 71.8 cm³/mol. The van der Waals surface area contributed by atoms with Gasteiger partial charge in [-0.2, -0.15) is 0 Å². The van der Waals surface area contributed by atoms with Crippen LogP contribution in [0.25, 0.3) is 0 Å². The van der Waals surface area contributed by atoms with Crippen LogP contribution in [0.3, 0.4) is 0 Å². The van der Waals surface area contributed by atoms with Crippen LogP contribution in [-0.4, -0.2) is 32.5 Å². The number of carbonyl (C=O) groups excluding carboxylic acids is 1. The van der Waals surface area contributed by atoms with E-state index >= 15 is 0 Å². The molecule has 2 aromatic rings. The third kappa shape index (κ3) is 2.45. The van der Waals surface area contributed by atoms with Gasteiger partial charge in [0.1, 0.15) is 11.4 Å². The minimum atomic E-state index is -0.219. The third-order valence-corrected chi connectivity index (χ3v) is 3.32. The van der Waals surface area contributed by atoms with Gasteiger partial charge in [-0.3, -0.25) is 4.79 Å². The van der Waals surface area contributed by atoms with Crippen molar-refractivity contribution in [2.75, 3.05) is 7.05 Å². The number of phenolic OH excluding ortho intramolecular Hbond substituents is 1. The van der Waals surface area contributed by atoms with E-state index in [1.54, 1.807) is 42.0 Å². The van der Waals surface area contributed by atoms with Gasteiger partial charge < -0.3 is 14.6 Å². The molecule has 1 aromatic heterocycles. The molecule has 0 radical (unpaired) electrons. The van der Waals surface area contributed by atoms with Gasteiger partial charge in [0.25, 0.3) is 5.91 Å². The Kier molecular flexibility index (Phi) is 3.55. The number of phenols is 1. The Hall–Kier alpha value is -2.30. The summed E-state index contributed by atoms with van der Waals surface area (Å²) in [6, 6.07) is 6.81. The van der Waals surface area contributed by atoms with E-state index in [-0.39, 0.29) is 17.7 Å². The Labute approximate surface area is 112 Å². The molecule has 0 fully saturated rings. The van der Waals surface area contributed by atoms with Crippen molar-refractivity contribution in [2.45, 2.75) is 13.0 Å². The van der Waals surface area contributed by atoms with Crippen LogP contribution < -0.4 is 0 Å². The number of nitrogens with zero attached hydrogens (tertiary/aromatic N) is 3. The average molecular weight is 259 g/mol. The number of amides is 1. The molecule has 1 heterocycles. The molecule has 0 spiro atoms. The van der Waals surface area contributed by atoms with Crippen LogP contribution in [0.4, 0.5) is 0 Å². The number of rotatable bonds is 3. The molecule has 5 heteroatoms. The molecule has 19 heavy (non-hydrogen) atoms. The van der Waals surface area contributed by atoms with Gasteiger partial charge in [0.2, 0.25) is 0 Å². The summed E-state index contributed by atoms with van der Waals surface area (Å²) in [4.78, 5) is 17.9. The molecule has 100 valence electrons. The number of aromatic nitrogens is 2. The van der Waals surface area contributed by atoms with Crippen molar-refractivity contribution in [1.29, 1.82) is 0 Å². The fourth-order valence-electron chi connectivity index (χ4n) is 1.97. The van der Waals surface area contributed by atoms with Gasteiger partial charge >= 0.3 is 0 Å². The first-order valence-corrected chi connectivity index (χ1v) is 6.03. The lowest BCUT2D eigenvalue weighted by atomic mass is 10.1. The highest BCUT2D eigenvalue weighted by molar-refractivity contribution is 5.92. The van der Waals surface area contributed by atoms with Crippen LogP contribution in [-0.2, 0) is 7.05 Å². The normalized spacial score (nSPS) is 12.2. The lowest BCUT2D eigenvalue weighted by Gasteiger charge is -2.25. The van der Waals surface area contributed by atoms with Gasteiger partial charge in [-0.05, 0) is 13.0 Å². The van der Waals surface area contributed by atoms with E-state index in [4.69, 9.17) is 0 Å². The minimum absolute atomic E-state index is 0.129. The van der Waals surface area contributed by atoms with Gasteiger partial charge in [0, 0.05) is 19.7 Å². The molecule has 0 aliphatic heterocycles. The summed E-state index contributed by atoms with van der Waals surface area (Å²) >= 11 is 0. The van der Waals surface area contributed by atoms with Gasteiger partial charge in [-0.25, -0.2) is 4.98 Å². The molecule has 1 atom stereocenters. The molecule has 1 N–H and O–H groups in total. The quantitative estimate of drug-likeness (QED) is 0.916. The number of hydrogen-bond acceptors (Lipinski definition) is 3. The molecular formula is C14H17N3O2. The summed E-state index contributed by atoms with van der Waals surface area (Å²) in [6.45, 7) is 1.88. The maximum Gasteiger partial charge on any atom is 0.272 e. The van der Waals surface area contributed by atoms with Crippen LogP contribution in [0.2, 0.25) is 0 Å². The van der Waals surface area contributed by atoms with Crippen LogP contribution in [0.1, 0.15) is 29.0 Å². The van der Waals surface area contributed by atoms with Crippen molar-refractivity contribution in [1.82, 2.24) is 14.5 Å². The van der Waals surface area contributed by atoms with Crippen molar-refractivity contribution in [3.8, 4) is 5.75 Å². The molecular weight excluding hydrogens is 242 g/mol. The van der Waals surface area contributed by atoms with Gasteiger partial charge in [-0.1, -0.05) is 18.2 Å². The summed E-state index contributed by atoms with van der Waals surface area (Å²) in [6.07, 6.45) is 3.13. The maximum atomic E-state index is 12.3. The monoisotopic (exact) mass is 259 g/mol. The van der Waals surface area contributed by atoms with Crippen LogP contribution in [0, 0.1) is 0 Å². The van der Waals surface area contributed by atoms with Crippen LogP contribution in [0.15, 0.2) is 36.8 Å². The highest BCUT2D eigenvalue weighted by Crippen LogP contribution is 2.27. The summed E-state index contributed by atoms with van der Waals surface area (Å²) in [5.41, 5.74) is 1.24. The zero-order valence-electron chi connectivity index (χ0n) is 11.2. The van der Waals surface area contributed by atoms with E-state index in [2.05, 4.69) is 4.98 Å². The van der Waals surface area contributed by atoms with Crippen LogP contribution >= 0.6 is 0 Å². The second-order valence-corrected chi connectivity index (χ2v) is 4.54. The summed E-state index contributed by atoms with van der Waals surface area (Å²) in [7, 11) is 3.49. The Morgan fingerprint density at radius 3 is 2.68 bits per heavy atom. The van der Waals surface area contributed by atoms with Crippen molar-refractivity contribution in [3.63, 3.8) is 0 Å². The topological polar surface area (TPSA) is 58.4 Å². The van der Waals surface area contributed by atoms with E-state index in [1.165, 1.54) is 6.20 Å². The molecule has 1 unspecified atom stereocenters. The number of para-hydroxylation sites is 1. The molecule has 5 nitrogen and oxygen atoms in total. The number of aryl methyl sites for hydroxylation is 1. The largest absolute Gasteiger partial charge is 0.508 e. The number of benzene rings is 1. The van der Waals surface area contributed by atoms with Crippen molar-refractivity contribution >= 4 is 5.91 Å². The zero-order chi connectivity index (χ0) is 14.0. The van der Waals surface area contributed by atoms with Crippen molar-refractivity contribution < 1.29 is 9.90 Å². The fraction of sp³-hybridized carbons (Fsp3) is 0.286. The summed E-state index contributed by atoms with van der Waals surface area (Å²) in [5, 5.41) is 9.84. The van der Waals surface area contributed by atoms with Gasteiger partial charge in [0.15, 0.2) is 0 Å². The van der Waals surface area contributed by atoms with Gasteiger partial charge in [-0.15, -0.1) is 0 Å². The first-order chi connectivity index (χ1) is 9.02. The van der Waals surface area contributed by atoms with E-state index in [0.717, 1.165) is 5.56 Å². The van der Waals surface area contributed by atoms with Gasteiger partial charge in [0.05, 0.1) is 18.6 Å². The first kappa shape index (κ1) is 13.1. The second kappa shape index (κ2) is 5.14. The molecule has 0 bridgehead atoms. The molecule has 1 amide bonds. The lowest BCUT2D eigenvalue weighted by Crippen LogP contribution is -2.31. The number of imidazole rings is 1. The maximum absolute atomic E-state index is 12.3. The first-order valence-electron chi connectivity index (χ1n) is 6.03. The lowest BCUT2D eigenvalue weighted by molar-refractivity contribution is 0.0731. The van der Waals surface area contributed by atoms with Crippen molar-refractivity contribution in [2.24, 2.45) is 7.05 Å². The summed E-state index contributed by atoms with van der Waals surface area (Å²) < 4.78 is 1.68. The zero-order valence-corrected chi connectivity index (χ0v) is 11.2. The number of hydrogen-bond donors (Lipinski definition) is 1. The minimum Gasteiger partial charge on any atom is -0.508 e. The molecule has 0 aliphatic carbocycles. The Balaban J connectivity index is 2.25. The SMILES string of the molecule is CC(c1ccccc1O)N(C)C(=O)c1cncn1C. The predicted octanol–water partition coefficient (Wildman–Crippen LogP) is 1.96. The van der Waals surface area contributed by atoms with E-state index in [0.29, 0.717) is 5.69 Å². The Morgan fingerprint density at radius 2 is 2.11 bits per heavy atom. The van der Waals surface area contributed by atoms with Crippen molar-refractivity contribution in [3.05, 3.63) is 48.0 Å². The Bertz CT molecular complexity index is 592. The highest BCUT2D eigenvalue weighted by Gasteiger charge is 2.22. The Morgan fingerprint density at radius 1 is 1.42 bits per heavy atom. The highest BCUT2D eigenvalue weighted by atomic mass is 16.3. The van der Waals surface area contributed by atoms with E-state index < -0.39 is 0 Å². The fourth-order valence-corrected chi connectivity index (χ4v) is 1.97. The molecule has 2 rings (SSSR count). The van der Waals surface area contributed by atoms with E-state index in [9.17, 15) is 9.90 Å². The number of carbonyl (C=O) groups is 1. The third-order valence-electron chi connectivity index (χ3n) is 3.32. The molecule has 1 aromatic carbocycles. The standard InChI is InChI=1S/C14H17N3O2/c1-10(11-6-4-5-7-13(11)18)17(3)14(19)12-8-15-9-16(12)2/h4-10,18H,1-3H3. The average Bonchev–Trinajstić information content (AvgIpc) is 2.83. The van der Waals surface area contributed by atoms with E-state index in [1.807, 2.05) is 19.1 Å². The second-order valence-electron chi connectivity index (χ2n) is 4.54. The molecule has 0 saturated heterocycles. The number of aromatic hydroxyl groups is 1. The molecule has 0 saturated carbocycles. The van der Waals surface area contributed by atoms with Crippen LogP contribution in [0.5, 0.6) is 5.75 Å².